The molecule has 0 fully saturated rings. The van der Waals surface area contributed by atoms with Crippen LogP contribution in [0.4, 0.5) is 5.82 Å². The molecule has 3 N–H and O–H groups in total. The van der Waals surface area contributed by atoms with E-state index in [1.54, 1.807) is 13.2 Å². The van der Waals surface area contributed by atoms with Crippen LogP contribution in [0.1, 0.15) is 5.56 Å². The fraction of sp³-hybridized carbons (Fsp3) is 0.571. The van der Waals surface area contributed by atoms with Gasteiger partial charge >= 0.3 is 10.2 Å². The van der Waals surface area contributed by atoms with E-state index >= 15 is 0 Å². The first-order valence-corrected chi connectivity index (χ1v) is 5.73. The molecule has 1 rings (SSSR count). The smallest absolute Gasteiger partial charge is 0.302 e. The van der Waals surface area contributed by atoms with E-state index < -0.39 is 10.2 Å². The lowest BCUT2D eigenvalue weighted by Gasteiger charge is -2.12. The summed E-state index contributed by atoms with van der Waals surface area (Å²) in [5, 5.41) is 3.97. The van der Waals surface area contributed by atoms with Crippen LogP contribution in [0.3, 0.4) is 0 Å². The fourth-order valence-corrected chi connectivity index (χ4v) is 1.59. The third kappa shape index (κ3) is 2.67. The van der Waals surface area contributed by atoms with Gasteiger partial charge in [0.1, 0.15) is 0 Å². The number of rotatable bonds is 4. The Labute approximate surface area is 89.0 Å². The standard InChI is InChI=1S/C7H15N5O2S/c1-11(2)15(13,14)10-7-6(4-8)5-12(3)9-7/h5H,4,8H2,1-3H3,(H,9,10). The van der Waals surface area contributed by atoms with Crippen molar-refractivity contribution in [1.29, 1.82) is 0 Å². The number of hydrogen-bond donors (Lipinski definition) is 2. The summed E-state index contributed by atoms with van der Waals surface area (Å²) in [7, 11) is 1.06. The number of nitrogens with one attached hydrogen (secondary N) is 1. The molecular formula is C7H15N5O2S. The number of aromatic nitrogens is 2. The third-order valence-corrected chi connectivity index (χ3v) is 3.24. The Morgan fingerprint density at radius 1 is 1.60 bits per heavy atom. The highest BCUT2D eigenvalue weighted by atomic mass is 32.2. The first-order chi connectivity index (χ1) is 6.86. The fourth-order valence-electron chi connectivity index (χ4n) is 0.986. The summed E-state index contributed by atoms with van der Waals surface area (Å²) in [6, 6.07) is 0. The van der Waals surface area contributed by atoms with Crippen LogP contribution in [0.2, 0.25) is 0 Å². The van der Waals surface area contributed by atoms with E-state index in [0.717, 1.165) is 4.31 Å². The molecule has 86 valence electrons. The summed E-state index contributed by atoms with van der Waals surface area (Å²) < 4.78 is 27.9. The molecule has 0 bridgehead atoms. The van der Waals surface area contributed by atoms with Crippen LogP contribution < -0.4 is 10.5 Å². The Hall–Kier alpha value is -1.12. The van der Waals surface area contributed by atoms with Crippen LogP contribution >= 0.6 is 0 Å². The Morgan fingerprint density at radius 3 is 2.67 bits per heavy atom. The maximum Gasteiger partial charge on any atom is 0.302 e. The van der Waals surface area contributed by atoms with E-state index in [2.05, 4.69) is 9.82 Å². The van der Waals surface area contributed by atoms with Crippen molar-refractivity contribution in [2.75, 3.05) is 18.8 Å². The van der Waals surface area contributed by atoms with Crippen molar-refractivity contribution < 1.29 is 8.42 Å². The Morgan fingerprint density at radius 2 is 2.20 bits per heavy atom. The van der Waals surface area contributed by atoms with Crippen LogP contribution in [0.25, 0.3) is 0 Å². The Balaban J connectivity index is 2.99. The molecule has 7 nitrogen and oxygen atoms in total. The quantitative estimate of drug-likeness (QED) is 0.704. The molecular weight excluding hydrogens is 218 g/mol. The highest BCUT2D eigenvalue weighted by Crippen LogP contribution is 2.13. The first-order valence-electron chi connectivity index (χ1n) is 4.29. The van der Waals surface area contributed by atoms with Crippen LogP contribution in [0.5, 0.6) is 0 Å². The summed E-state index contributed by atoms with van der Waals surface area (Å²) in [6.45, 7) is 0.235. The highest BCUT2D eigenvalue weighted by molar-refractivity contribution is 7.90. The minimum absolute atomic E-state index is 0.235. The van der Waals surface area contributed by atoms with Gasteiger partial charge in [0, 0.05) is 39.4 Å². The van der Waals surface area contributed by atoms with Gasteiger partial charge in [0.05, 0.1) is 0 Å². The van der Waals surface area contributed by atoms with Crippen molar-refractivity contribution in [2.45, 2.75) is 6.54 Å². The average molecular weight is 233 g/mol. The Kier molecular flexibility index (Phi) is 3.32. The van der Waals surface area contributed by atoms with Crippen molar-refractivity contribution in [2.24, 2.45) is 12.8 Å². The second-order valence-corrected chi connectivity index (χ2v) is 5.15. The van der Waals surface area contributed by atoms with E-state index in [4.69, 9.17) is 5.73 Å². The first kappa shape index (κ1) is 12.0. The van der Waals surface area contributed by atoms with Gasteiger partial charge in [-0.1, -0.05) is 0 Å². The number of anilines is 1. The zero-order chi connectivity index (χ0) is 11.6. The average Bonchev–Trinajstić information content (AvgIpc) is 2.44. The summed E-state index contributed by atoms with van der Waals surface area (Å²) >= 11 is 0. The molecule has 1 aromatic heterocycles. The molecule has 0 aliphatic heterocycles. The molecule has 15 heavy (non-hydrogen) atoms. The van der Waals surface area contributed by atoms with Gasteiger partial charge in [-0.2, -0.15) is 17.8 Å². The lowest BCUT2D eigenvalue weighted by atomic mass is 10.3. The molecule has 0 unspecified atom stereocenters. The second-order valence-electron chi connectivity index (χ2n) is 3.27. The molecule has 0 aliphatic carbocycles. The summed E-state index contributed by atoms with van der Waals surface area (Å²) in [5.74, 6) is 0.272. The van der Waals surface area contributed by atoms with E-state index in [9.17, 15) is 8.42 Å². The molecule has 0 amide bonds. The molecule has 0 radical (unpaired) electrons. The third-order valence-electron chi connectivity index (χ3n) is 1.83. The SMILES string of the molecule is CN(C)S(=O)(=O)Nc1nn(C)cc1CN. The lowest BCUT2D eigenvalue weighted by molar-refractivity contribution is 0.526. The molecule has 0 aromatic carbocycles. The molecule has 0 atom stereocenters. The zero-order valence-corrected chi connectivity index (χ0v) is 9.74. The van der Waals surface area contributed by atoms with E-state index in [1.807, 2.05) is 0 Å². The predicted octanol–water partition coefficient (Wildman–Crippen LogP) is -0.903. The van der Waals surface area contributed by atoms with E-state index in [-0.39, 0.29) is 12.4 Å². The molecule has 1 aromatic rings. The Bertz CT molecular complexity index is 436. The maximum absolute atomic E-state index is 11.5. The van der Waals surface area contributed by atoms with Crippen molar-refractivity contribution in [3.05, 3.63) is 11.8 Å². The number of aryl methyl sites for hydroxylation is 1. The largest absolute Gasteiger partial charge is 0.326 e. The maximum atomic E-state index is 11.5. The minimum Gasteiger partial charge on any atom is -0.326 e. The van der Waals surface area contributed by atoms with Crippen molar-refractivity contribution in [1.82, 2.24) is 14.1 Å². The molecule has 0 spiro atoms. The van der Waals surface area contributed by atoms with Gasteiger partial charge in [0.2, 0.25) is 0 Å². The topological polar surface area (TPSA) is 93.2 Å². The number of hydrogen-bond acceptors (Lipinski definition) is 4. The van der Waals surface area contributed by atoms with Crippen LogP contribution in [-0.2, 0) is 23.8 Å². The number of nitrogens with two attached hydrogens (primary N) is 1. The summed E-state index contributed by atoms with van der Waals surface area (Å²) in [4.78, 5) is 0. The van der Waals surface area contributed by atoms with Gasteiger partial charge in [0.15, 0.2) is 5.82 Å². The second kappa shape index (κ2) is 4.17. The summed E-state index contributed by atoms with van der Waals surface area (Å²) in [5.41, 5.74) is 6.11. The van der Waals surface area contributed by atoms with Crippen LogP contribution in [0.15, 0.2) is 6.20 Å². The molecule has 0 saturated heterocycles. The lowest BCUT2D eigenvalue weighted by Crippen LogP contribution is -2.29. The van der Waals surface area contributed by atoms with Gasteiger partial charge in [-0.05, 0) is 0 Å². The van der Waals surface area contributed by atoms with Gasteiger partial charge in [-0.15, -0.1) is 0 Å². The van der Waals surface area contributed by atoms with E-state index in [0.29, 0.717) is 5.56 Å². The van der Waals surface area contributed by atoms with Gasteiger partial charge < -0.3 is 5.73 Å². The normalized spacial score (nSPS) is 12.1. The predicted molar refractivity (Wildman–Crippen MR) is 57.3 cm³/mol. The molecule has 8 heteroatoms. The number of nitrogens with zero attached hydrogens (tertiary/aromatic N) is 3. The highest BCUT2D eigenvalue weighted by Gasteiger charge is 2.17. The minimum atomic E-state index is -3.52. The molecule has 0 saturated carbocycles. The van der Waals surface area contributed by atoms with Crippen LogP contribution in [0, 0.1) is 0 Å². The van der Waals surface area contributed by atoms with Crippen molar-refractivity contribution in [3.63, 3.8) is 0 Å². The molecule has 1 heterocycles. The summed E-state index contributed by atoms with van der Waals surface area (Å²) in [6.07, 6.45) is 1.67. The monoisotopic (exact) mass is 233 g/mol. The van der Waals surface area contributed by atoms with Gasteiger partial charge in [-0.3, -0.25) is 9.40 Å². The zero-order valence-electron chi connectivity index (χ0n) is 8.93. The van der Waals surface area contributed by atoms with Crippen molar-refractivity contribution in [3.8, 4) is 0 Å². The van der Waals surface area contributed by atoms with Gasteiger partial charge in [-0.25, -0.2) is 0 Å². The van der Waals surface area contributed by atoms with Crippen molar-refractivity contribution >= 4 is 16.0 Å². The van der Waals surface area contributed by atoms with E-state index in [1.165, 1.54) is 18.8 Å². The van der Waals surface area contributed by atoms with Gasteiger partial charge in [0.25, 0.3) is 0 Å². The van der Waals surface area contributed by atoms with Crippen LogP contribution in [-0.4, -0.2) is 36.6 Å². The molecule has 0 aliphatic rings.